The Hall–Kier alpha value is -1.58. The highest BCUT2D eigenvalue weighted by Gasteiger charge is 2.51. The van der Waals surface area contributed by atoms with Crippen molar-refractivity contribution in [3.05, 3.63) is 35.0 Å². The van der Waals surface area contributed by atoms with E-state index in [-0.39, 0.29) is 0 Å². The summed E-state index contributed by atoms with van der Waals surface area (Å²) >= 11 is 0. The van der Waals surface area contributed by atoms with Gasteiger partial charge in [-0.3, -0.25) is 10.4 Å². The fourth-order valence-corrected chi connectivity index (χ4v) is 1.50. The second kappa shape index (κ2) is 2.22. The first-order valence-corrected chi connectivity index (χ1v) is 4.12. The largest absolute Gasteiger partial charge is 0.436 e. The van der Waals surface area contributed by atoms with Crippen molar-refractivity contribution in [2.75, 3.05) is 0 Å². The molecule has 0 saturated heterocycles. The molecule has 0 bridgehead atoms. The molecule has 2 N–H and O–H groups in total. The summed E-state index contributed by atoms with van der Waals surface area (Å²) in [7, 11) is 0. The molecule has 0 fully saturated rings. The van der Waals surface area contributed by atoms with Crippen molar-refractivity contribution < 1.29 is 10.4 Å². The third kappa shape index (κ3) is 0.854. The molecule has 1 aliphatic heterocycles. The van der Waals surface area contributed by atoms with Crippen LogP contribution in [0.5, 0.6) is 0 Å². The highest BCUT2D eigenvalue weighted by atomic mass is 16.5. The van der Waals surface area contributed by atoms with Crippen LogP contribution < -0.4 is 20.2 Å². The number of benzene rings is 1. The molecule has 13 heavy (non-hydrogen) atoms. The Labute approximate surface area is 75.2 Å². The molecule has 0 saturated carbocycles. The minimum atomic E-state index is -0.802. The van der Waals surface area contributed by atoms with Crippen LogP contribution in [0.2, 0.25) is 0 Å². The van der Waals surface area contributed by atoms with Crippen molar-refractivity contribution in [3.63, 3.8) is 0 Å². The lowest BCUT2D eigenvalue weighted by Crippen LogP contribution is -2.48. The molecule has 1 aromatic carbocycles. The Morgan fingerprint density at radius 1 is 1.00 bits per heavy atom. The van der Waals surface area contributed by atoms with E-state index in [2.05, 4.69) is 0 Å². The van der Waals surface area contributed by atoms with E-state index in [1.807, 2.05) is 12.1 Å². The van der Waals surface area contributed by atoms with Crippen LogP contribution >= 0.6 is 0 Å². The zero-order valence-corrected chi connectivity index (χ0v) is 7.60. The summed E-state index contributed by atoms with van der Waals surface area (Å²) in [6.45, 7) is 3.46. The second-order valence-electron chi connectivity index (χ2n) is 3.61. The van der Waals surface area contributed by atoms with Crippen molar-refractivity contribution in [2.24, 2.45) is 0 Å². The summed E-state index contributed by atoms with van der Waals surface area (Å²) in [5.74, 6) is 0. The number of para-hydroxylation sites is 2. The lowest BCUT2D eigenvalue weighted by molar-refractivity contribution is -0.0808. The van der Waals surface area contributed by atoms with Gasteiger partial charge in [0.25, 0.3) is 0 Å². The SMILES string of the molecule is CC1(C)[N+](O)=c2ccccc2=[N+]1O. The van der Waals surface area contributed by atoms with Crippen LogP contribution in [0.15, 0.2) is 24.3 Å². The van der Waals surface area contributed by atoms with Crippen LogP contribution in [0.1, 0.15) is 13.8 Å². The number of fused-ring (bicyclic) bond motifs is 1. The lowest BCUT2D eigenvalue weighted by atomic mass is 10.3. The summed E-state index contributed by atoms with van der Waals surface area (Å²) in [5.41, 5.74) is -0.802. The Kier molecular flexibility index (Phi) is 1.37. The molecular formula is C9H12N2O2+2. The predicted octanol–water partition coefficient (Wildman–Crippen LogP) is -0.803. The first kappa shape index (κ1) is 8.04. The van der Waals surface area contributed by atoms with Gasteiger partial charge in [-0.05, 0) is 0 Å². The average Bonchev–Trinajstić information content (AvgIpc) is 2.30. The van der Waals surface area contributed by atoms with E-state index in [0.29, 0.717) is 10.7 Å². The molecule has 2 rings (SSSR count). The van der Waals surface area contributed by atoms with Gasteiger partial charge >= 0.3 is 16.4 Å². The van der Waals surface area contributed by atoms with Crippen molar-refractivity contribution >= 4 is 0 Å². The predicted molar refractivity (Wildman–Crippen MR) is 45.8 cm³/mol. The maximum absolute atomic E-state index is 9.71. The zero-order chi connectivity index (χ0) is 9.64. The smallest absolute Gasteiger partial charge is 0.284 e. The van der Waals surface area contributed by atoms with Crippen LogP contribution in [0.25, 0.3) is 0 Å². The standard InChI is InChI=1S/C9H12N2O2/c1-9(2)10(12)7-5-3-4-6-8(7)11(9)13/h3-6,12-13H,1-2H3/q+2. The van der Waals surface area contributed by atoms with E-state index in [1.54, 1.807) is 26.0 Å². The zero-order valence-electron chi connectivity index (χ0n) is 7.60. The number of nitrogens with zero attached hydrogens (tertiary/aromatic N) is 2. The normalized spacial score (nSPS) is 18.9. The van der Waals surface area contributed by atoms with Gasteiger partial charge < -0.3 is 0 Å². The van der Waals surface area contributed by atoms with Gasteiger partial charge in [-0.2, -0.15) is 0 Å². The topological polar surface area (TPSA) is 46.5 Å². The molecule has 0 atom stereocenters. The summed E-state index contributed by atoms with van der Waals surface area (Å²) in [6, 6.07) is 7.15. The van der Waals surface area contributed by atoms with E-state index in [0.717, 1.165) is 9.48 Å². The molecule has 4 nitrogen and oxygen atoms in total. The maximum atomic E-state index is 9.71. The summed E-state index contributed by atoms with van der Waals surface area (Å²) in [5, 5.41) is 20.7. The Bertz CT molecular complexity index is 434. The van der Waals surface area contributed by atoms with E-state index in [1.165, 1.54) is 0 Å². The van der Waals surface area contributed by atoms with Crippen LogP contribution in [0.4, 0.5) is 0 Å². The molecule has 0 aromatic heterocycles. The molecule has 0 unspecified atom stereocenters. The van der Waals surface area contributed by atoms with Crippen LogP contribution in [-0.4, -0.2) is 16.1 Å². The Morgan fingerprint density at radius 3 is 1.77 bits per heavy atom. The van der Waals surface area contributed by atoms with Gasteiger partial charge in [0.05, 0.1) is 23.3 Å². The first-order chi connectivity index (χ1) is 6.05. The van der Waals surface area contributed by atoms with Crippen LogP contribution in [0.3, 0.4) is 0 Å². The molecule has 4 heteroatoms. The molecule has 0 spiro atoms. The molecule has 68 valence electrons. The third-order valence-corrected chi connectivity index (χ3v) is 2.37. The average molecular weight is 180 g/mol. The second-order valence-corrected chi connectivity index (χ2v) is 3.61. The van der Waals surface area contributed by atoms with Gasteiger partial charge in [-0.1, -0.05) is 12.1 Å². The van der Waals surface area contributed by atoms with Gasteiger partial charge in [0.1, 0.15) is 0 Å². The summed E-state index contributed by atoms with van der Waals surface area (Å²) < 4.78 is 2.12. The molecule has 1 aliphatic rings. The van der Waals surface area contributed by atoms with Gasteiger partial charge in [-0.25, -0.2) is 0 Å². The number of hydrogen-bond donors (Lipinski definition) is 2. The van der Waals surface area contributed by atoms with E-state index < -0.39 is 5.66 Å². The maximum Gasteiger partial charge on any atom is 0.436 e. The first-order valence-electron chi connectivity index (χ1n) is 4.12. The van der Waals surface area contributed by atoms with Gasteiger partial charge in [0.2, 0.25) is 0 Å². The van der Waals surface area contributed by atoms with Gasteiger partial charge in [0, 0.05) is 12.1 Å². The molecular weight excluding hydrogens is 168 g/mol. The van der Waals surface area contributed by atoms with Crippen molar-refractivity contribution in [1.29, 1.82) is 0 Å². The minimum Gasteiger partial charge on any atom is -0.284 e. The monoisotopic (exact) mass is 180 g/mol. The fourth-order valence-electron chi connectivity index (χ4n) is 1.50. The van der Waals surface area contributed by atoms with E-state index in [9.17, 15) is 10.4 Å². The van der Waals surface area contributed by atoms with Crippen LogP contribution in [-0.2, 0) is 0 Å². The summed E-state index contributed by atoms with van der Waals surface area (Å²) in [4.78, 5) is 0. The number of rotatable bonds is 0. The lowest BCUT2D eigenvalue weighted by Gasteiger charge is -2.02. The molecule has 1 aromatic rings. The number of hydrogen-bond acceptors (Lipinski definition) is 2. The number of hydroxylamine groups is 2. The minimum absolute atomic E-state index is 0.620. The van der Waals surface area contributed by atoms with Gasteiger partial charge in [0.15, 0.2) is 0 Å². The van der Waals surface area contributed by atoms with E-state index >= 15 is 0 Å². The van der Waals surface area contributed by atoms with Crippen molar-refractivity contribution in [2.45, 2.75) is 19.5 Å². The Balaban J connectivity index is 2.99. The highest BCUT2D eigenvalue weighted by molar-refractivity contribution is 5.05. The molecule has 1 heterocycles. The van der Waals surface area contributed by atoms with E-state index in [4.69, 9.17) is 0 Å². The third-order valence-electron chi connectivity index (χ3n) is 2.37. The van der Waals surface area contributed by atoms with Crippen LogP contribution in [0, 0.1) is 0 Å². The molecule has 0 radical (unpaired) electrons. The summed E-state index contributed by atoms with van der Waals surface area (Å²) in [6.07, 6.45) is 0. The Morgan fingerprint density at radius 2 is 1.38 bits per heavy atom. The van der Waals surface area contributed by atoms with Gasteiger partial charge in [-0.15, -0.1) is 0 Å². The fraction of sp³-hybridized carbons (Fsp3) is 0.333. The highest BCUT2D eigenvalue weighted by Crippen LogP contribution is 2.03. The molecule has 0 amide bonds. The van der Waals surface area contributed by atoms with Crippen molar-refractivity contribution in [1.82, 2.24) is 9.48 Å². The van der Waals surface area contributed by atoms with Crippen molar-refractivity contribution in [3.8, 4) is 0 Å². The molecule has 0 aliphatic carbocycles. The quantitative estimate of drug-likeness (QED) is 0.405.